The Morgan fingerprint density at radius 1 is 1.35 bits per heavy atom. The van der Waals surface area contributed by atoms with Crippen molar-refractivity contribution in [3.63, 3.8) is 0 Å². The minimum absolute atomic E-state index is 0.216. The van der Waals surface area contributed by atoms with Crippen molar-refractivity contribution in [1.29, 1.82) is 0 Å². The Morgan fingerprint density at radius 2 is 2.05 bits per heavy atom. The highest BCUT2D eigenvalue weighted by Gasteiger charge is 2.11. The highest BCUT2D eigenvalue weighted by atomic mass is 32.2. The van der Waals surface area contributed by atoms with Gasteiger partial charge in [0.05, 0.1) is 12.8 Å². The van der Waals surface area contributed by atoms with Gasteiger partial charge in [0.15, 0.2) is 6.61 Å². The van der Waals surface area contributed by atoms with Gasteiger partial charge in [-0.05, 0) is 26.0 Å². The van der Waals surface area contributed by atoms with Crippen LogP contribution in [0.5, 0.6) is 5.75 Å². The summed E-state index contributed by atoms with van der Waals surface area (Å²) in [5, 5.41) is 0. The van der Waals surface area contributed by atoms with Crippen LogP contribution >= 0.6 is 0 Å². The normalized spacial score (nSPS) is 11.2. The minimum atomic E-state index is -3.63. The number of rotatable bonds is 7. The van der Waals surface area contributed by atoms with Gasteiger partial charge in [0.2, 0.25) is 0 Å². The van der Waals surface area contributed by atoms with E-state index >= 15 is 0 Å². The molecule has 7 nitrogen and oxygen atoms in total. The van der Waals surface area contributed by atoms with Gasteiger partial charge in [0.1, 0.15) is 5.75 Å². The van der Waals surface area contributed by atoms with E-state index in [0.29, 0.717) is 11.4 Å². The van der Waals surface area contributed by atoms with E-state index < -0.39 is 16.2 Å². The fourth-order valence-electron chi connectivity index (χ4n) is 1.35. The van der Waals surface area contributed by atoms with E-state index in [1.54, 1.807) is 32.0 Å². The topological polar surface area (TPSA) is 93.7 Å². The van der Waals surface area contributed by atoms with E-state index in [4.69, 9.17) is 4.74 Å². The maximum Gasteiger partial charge on any atom is 0.343 e. The summed E-state index contributed by atoms with van der Waals surface area (Å²) >= 11 is 0. The molecule has 0 unspecified atom stereocenters. The summed E-state index contributed by atoms with van der Waals surface area (Å²) in [6, 6.07) is 6.05. The largest absolute Gasteiger partial charge is 0.482 e. The van der Waals surface area contributed by atoms with E-state index in [2.05, 4.69) is 14.2 Å². The molecular formula is C12H18N2O5S. The molecule has 0 radical (unpaired) electrons. The molecule has 0 bridgehead atoms. The Kier molecular flexibility index (Phi) is 5.78. The monoisotopic (exact) mass is 302 g/mol. The molecule has 0 fully saturated rings. The first-order valence-electron chi connectivity index (χ1n) is 5.92. The predicted octanol–water partition coefficient (Wildman–Crippen LogP) is 0.893. The zero-order valence-electron chi connectivity index (χ0n) is 11.5. The van der Waals surface area contributed by atoms with Gasteiger partial charge in [-0.2, -0.15) is 13.1 Å². The number of esters is 1. The van der Waals surface area contributed by atoms with Crippen molar-refractivity contribution < 1.29 is 22.7 Å². The van der Waals surface area contributed by atoms with Crippen LogP contribution in [0.2, 0.25) is 0 Å². The number of hydrogen-bond donors (Lipinski definition) is 2. The molecule has 8 heteroatoms. The van der Waals surface area contributed by atoms with E-state index in [1.165, 1.54) is 13.2 Å². The fraction of sp³-hybridized carbons (Fsp3) is 0.417. The lowest BCUT2D eigenvalue weighted by Crippen LogP contribution is -2.35. The van der Waals surface area contributed by atoms with Crippen LogP contribution in [0.15, 0.2) is 24.3 Å². The van der Waals surface area contributed by atoms with Gasteiger partial charge >= 0.3 is 5.97 Å². The molecule has 0 amide bonds. The van der Waals surface area contributed by atoms with Gasteiger partial charge in [-0.1, -0.05) is 6.07 Å². The van der Waals surface area contributed by atoms with Crippen LogP contribution in [0.25, 0.3) is 0 Å². The van der Waals surface area contributed by atoms with Crippen LogP contribution in [0.4, 0.5) is 5.69 Å². The van der Waals surface area contributed by atoms with Crippen LogP contribution in [0.3, 0.4) is 0 Å². The van der Waals surface area contributed by atoms with Gasteiger partial charge in [-0.15, -0.1) is 0 Å². The number of benzene rings is 1. The van der Waals surface area contributed by atoms with Crippen molar-refractivity contribution >= 4 is 21.9 Å². The van der Waals surface area contributed by atoms with Crippen molar-refractivity contribution in [2.75, 3.05) is 18.4 Å². The van der Waals surface area contributed by atoms with Crippen molar-refractivity contribution in [1.82, 2.24) is 4.72 Å². The van der Waals surface area contributed by atoms with Crippen molar-refractivity contribution in [3.05, 3.63) is 24.3 Å². The number of methoxy groups -OCH3 is 1. The number of nitrogens with one attached hydrogen (secondary N) is 2. The van der Waals surface area contributed by atoms with E-state index in [1.807, 2.05) is 0 Å². The minimum Gasteiger partial charge on any atom is -0.482 e. The Balaban J connectivity index is 2.71. The van der Waals surface area contributed by atoms with Crippen LogP contribution < -0.4 is 14.2 Å². The SMILES string of the molecule is COC(=O)COc1cccc(NS(=O)(=O)NC(C)C)c1. The zero-order valence-corrected chi connectivity index (χ0v) is 12.4. The molecule has 0 heterocycles. The smallest absolute Gasteiger partial charge is 0.343 e. The summed E-state index contributed by atoms with van der Waals surface area (Å²) in [5.41, 5.74) is 0.334. The third kappa shape index (κ3) is 5.89. The van der Waals surface area contributed by atoms with Crippen molar-refractivity contribution in [2.45, 2.75) is 19.9 Å². The molecule has 0 aliphatic heterocycles. The predicted molar refractivity (Wildman–Crippen MR) is 74.8 cm³/mol. The first-order chi connectivity index (χ1) is 9.32. The molecule has 0 aliphatic rings. The Hall–Kier alpha value is -1.80. The van der Waals surface area contributed by atoms with E-state index in [-0.39, 0.29) is 12.6 Å². The lowest BCUT2D eigenvalue weighted by molar-refractivity contribution is -0.142. The Morgan fingerprint density at radius 3 is 2.65 bits per heavy atom. The first-order valence-corrected chi connectivity index (χ1v) is 7.40. The Bertz CT molecular complexity index is 557. The second-order valence-electron chi connectivity index (χ2n) is 4.27. The van der Waals surface area contributed by atoms with Gasteiger partial charge in [-0.3, -0.25) is 4.72 Å². The third-order valence-corrected chi connectivity index (χ3v) is 3.35. The quantitative estimate of drug-likeness (QED) is 0.730. The van der Waals surface area contributed by atoms with Gasteiger partial charge in [-0.25, -0.2) is 4.79 Å². The van der Waals surface area contributed by atoms with Gasteiger partial charge < -0.3 is 9.47 Å². The summed E-state index contributed by atoms with van der Waals surface area (Å²) in [5.74, 6) is -0.155. The standard InChI is InChI=1S/C12H18N2O5S/c1-9(2)13-20(16,17)14-10-5-4-6-11(7-10)19-8-12(15)18-3/h4-7,9,13-14H,8H2,1-3H3. The second kappa shape index (κ2) is 7.11. The lowest BCUT2D eigenvalue weighted by atomic mass is 10.3. The Labute approximate surface area is 118 Å². The third-order valence-electron chi connectivity index (χ3n) is 2.06. The van der Waals surface area contributed by atoms with Crippen LogP contribution in [-0.4, -0.2) is 34.1 Å². The number of hydrogen-bond acceptors (Lipinski definition) is 5. The maximum atomic E-state index is 11.7. The molecule has 0 saturated heterocycles. The molecule has 112 valence electrons. The fourth-order valence-corrected chi connectivity index (χ4v) is 2.46. The molecule has 0 atom stereocenters. The van der Waals surface area contributed by atoms with Gasteiger partial charge in [0, 0.05) is 12.1 Å². The van der Waals surface area contributed by atoms with Crippen LogP contribution in [0.1, 0.15) is 13.8 Å². The highest BCUT2D eigenvalue weighted by molar-refractivity contribution is 7.90. The molecule has 20 heavy (non-hydrogen) atoms. The lowest BCUT2D eigenvalue weighted by Gasteiger charge is -2.12. The summed E-state index contributed by atoms with van der Waals surface area (Å²) < 4.78 is 37.7. The molecule has 0 spiro atoms. The summed E-state index contributed by atoms with van der Waals surface area (Å²) in [6.45, 7) is 3.20. The van der Waals surface area contributed by atoms with Crippen LogP contribution in [-0.2, 0) is 19.7 Å². The number of carbonyl (C=O) groups is 1. The molecule has 1 rings (SSSR count). The van der Waals surface area contributed by atoms with E-state index in [0.717, 1.165) is 0 Å². The molecule has 0 saturated carbocycles. The second-order valence-corrected chi connectivity index (χ2v) is 5.72. The summed E-state index contributed by atoms with van der Waals surface area (Å²) in [6.07, 6.45) is 0. The summed E-state index contributed by atoms with van der Waals surface area (Å²) in [4.78, 5) is 11.0. The van der Waals surface area contributed by atoms with Crippen molar-refractivity contribution in [2.24, 2.45) is 0 Å². The number of ether oxygens (including phenoxy) is 2. The van der Waals surface area contributed by atoms with Gasteiger partial charge in [0.25, 0.3) is 10.2 Å². The molecule has 1 aromatic carbocycles. The average molecular weight is 302 g/mol. The molecular weight excluding hydrogens is 284 g/mol. The van der Waals surface area contributed by atoms with Crippen molar-refractivity contribution in [3.8, 4) is 5.75 Å². The number of anilines is 1. The molecule has 0 aromatic heterocycles. The van der Waals surface area contributed by atoms with Crippen LogP contribution in [0, 0.1) is 0 Å². The molecule has 0 aliphatic carbocycles. The number of carbonyl (C=O) groups excluding carboxylic acids is 1. The average Bonchev–Trinajstić information content (AvgIpc) is 2.34. The van der Waals surface area contributed by atoms with E-state index in [9.17, 15) is 13.2 Å². The maximum absolute atomic E-state index is 11.7. The molecule has 1 aromatic rings. The molecule has 2 N–H and O–H groups in total. The summed E-state index contributed by atoms with van der Waals surface area (Å²) in [7, 11) is -2.38. The zero-order chi connectivity index (χ0) is 15.2. The first kappa shape index (κ1) is 16.3. The highest BCUT2D eigenvalue weighted by Crippen LogP contribution is 2.18.